The molecule has 2 saturated heterocycles. The fourth-order valence-electron chi connectivity index (χ4n) is 7.33. The number of esters is 4. The summed E-state index contributed by atoms with van der Waals surface area (Å²) >= 11 is 5.79. The standard InChI is InChI=1S/C44H54N2O13S/c1-25(40(52)32-11-8-7-9-12-32)46(6)22-35-20-36(31-17-15-30(23-47)16-18-31)59-44(57-35)33-13-10-14-34(19-33)45-39(60)21-37-41(54-27(3)49)43(56-29(5)51)42(55-28(4)50)38(58-37)24-53-26(2)48/h7-19,25,35-38,40-44,47,52H,20-24H2,1-6H3,(H,45,60)/t25-,35-,36+,37-,38+,40-,41-,42+,43+,44?/m0/s1. The summed E-state index contributed by atoms with van der Waals surface area (Å²) in [4.78, 5) is 50.8. The van der Waals surface area contributed by atoms with Crippen molar-refractivity contribution in [3.63, 3.8) is 0 Å². The summed E-state index contributed by atoms with van der Waals surface area (Å²) in [6, 6.07) is 24.2. The summed E-state index contributed by atoms with van der Waals surface area (Å²) < 4.78 is 41.3. The van der Waals surface area contributed by atoms with Crippen molar-refractivity contribution in [2.75, 3.05) is 25.5 Å². The van der Waals surface area contributed by atoms with E-state index in [-0.39, 0.29) is 42.9 Å². The zero-order chi connectivity index (χ0) is 43.5. The maximum Gasteiger partial charge on any atom is 0.303 e. The van der Waals surface area contributed by atoms with E-state index in [9.17, 15) is 29.4 Å². The van der Waals surface area contributed by atoms with Gasteiger partial charge in [0.05, 0.1) is 29.9 Å². The van der Waals surface area contributed by atoms with E-state index >= 15 is 0 Å². The SMILES string of the molecule is CC(=O)OC[C@H]1O[C@@H](CC(=S)Nc2cccc(C3O[C@H](CN(C)[C@@H](C)[C@H](O)c4ccccc4)C[C@H](c4ccc(CO)cc4)O3)c2)[C@H](OC(C)=O)[C@@H](OC(C)=O)[C@@H]1OC(C)=O. The number of benzene rings is 3. The van der Waals surface area contributed by atoms with E-state index in [0.29, 0.717) is 24.2 Å². The minimum Gasteiger partial charge on any atom is -0.463 e. The first-order chi connectivity index (χ1) is 28.6. The number of carbonyl (C=O) groups excluding carboxylic acids is 4. The van der Waals surface area contributed by atoms with Gasteiger partial charge in [-0.05, 0) is 42.8 Å². The van der Waals surface area contributed by atoms with Crippen LogP contribution in [0, 0.1) is 0 Å². The van der Waals surface area contributed by atoms with Gasteiger partial charge in [0.25, 0.3) is 0 Å². The van der Waals surface area contributed by atoms with Crippen LogP contribution in [0.4, 0.5) is 5.69 Å². The third-order valence-electron chi connectivity index (χ3n) is 10.3. The Hall–Kier alpha value is -4.81. The molecular weight excluding hydrogens is 797 g/mol. The number of aliphatic hydroxyl groups excluding tert-OH is 2. The number of nitrogens with one attached hydrogen (secondary N) is 1. The maximum absolute atomic E-state index is 12.3. The largest absolute Gasteiger partial charge is 0.463 e. The molecule has 2 heterocycles. The molecule has 2 aliphatic rings. The van der Waals surface area contributed by atoms with Crippen LogP contribution in [0.3, 0.4) is 0 Å². The minimum atomic E-state index is -1.31. The molecule has 324 valence electrons. The molecule has 1 unspecified atom stereocenters. The van der Waals surface area contributed by atoms with E-state index < -0.39 is 66.8 Å². The number of likely N-dealkylation sites (N-methyl/N-ethyl adjacent to an activating group) is 1. The molecule has 16 heteroatoms. The van der Waals surface area contributed by atoms with Crippen LogP contribution in [-0.2, 0) is 58.9 Å². The van der Waals surface area contributed by atoms with Crippen LogP contribution in [0.5, 0.6) is 0 Å². The summed E-state index contributed by atoms with van der Waals surface area (Å²) in [5, 5.41) is 24.0. The van der Waals surface area contributed by atoms with Gasteiger partial charge in [0.2, 0.25) is 0 Å². The van der Waals surface area contributed by atoms with Crippen molar-refractivity contribution in [1.82, 2.24) is 4.90 Å². The number of thiocarbonyl (C=S) groups is 1. The van der Waals surface area contributed by atoms with E-state index in [0.717, 1.165) is 30.5 Å². The molecule has 0 spiro atoms. The van der Waals surface area contributed by atoms with Crippen molar-refractivity contribution >= 4 is 46.8 Å². The summed E-state index contributed by atoms with van der Waals surface area (Å²) in [6.45, 7) is 6.73. The lowest BCUT2D eigenvalue weighted by Gasteiger charge is -2.44. The van der Waals surface area contributed by atoms with Gasteiger partial charge in [-0.1, -0.05) is 78.9 Å². The topological polar surface area (TPSA) is 189 Å². The third-order valence-corrected chi connectivity index (χ3v) is 10.6. The summed E-state index contributed by atoms with van der Waals surface area (Å²) in [5.74, 6) is -2.79. The van der Waals surface area contributed by atoms with Crippen molar-refractivity contribution < 1.29 is 62.5 Å². The number of carbonyl (C=O) groups is 4. The van der Waals surface area contributed by atoms with Gasteiger partial charge >= 0.3 is 23.9 Å². The Morgan fingerprint density at radius 1 is 0.800 bits per heavy atom. The van der Waals surface area contributed by atoms with Gasteiger partial charge in [0.15, 0.2) is 24.6 Å². The minimum absolute atomic E-state index is 0.0532. The van der Waals surface area contributed by atoms with Crippen LogP contribution in [-0.4, -0.2) is 107 Å². The van der Waals surface area contributed by atoms with Gasteiger partial charge in [-0.2, -0.15) is 0 Å². The second kappa shape index (κ2) is 21.6. The van der Waals surface area contributed by atoms with Gasteiger partial charge in [0, 0.05) is 64.4 Å². The molecule has 2 fully saturated rings. The first-order valence-electron chi connectivity index (χ1n) is 19.8. The second-order valence-electron chi connectivity index (χ2n) is 15.0. The molecular formula is C44H54N2O13S. The van der Waals surface area contributed by atoms with Crippen LogP contribution in [0.25, 0.3) is 0 Å². The summed E-state index contributed by atoms with van der Waals surface area (Å²) in [5.41, 5.74) is 3.79. The molecule has 2 aliphatic heterocycles. The molecule has 10 atom stereocenters. The lowest BCUT2D eigenvalue weighted by atomic mass is 9.92. The van der Waals surface area contributed by atoms with Gasteiger partial charge in [-0.3, -0.25) is 24.1 Å². The van der Waals surface area contributed by atoms with Crippen molar-refractivity contribution in [2.24, 2.45) is 0 Å². The number of ether oxygens (including phenoxy) is 7. The van der Waals surface area contributed by atoms with Gasteiger partial charge in [0.1, 0.15) is 18.8 Å². The van der Waals surface area contributed by atoms with E-state index in [2.05, 4.69) is 10.2 Å². The first kappa shape index (κ1) is 46.3. The van der Waals surface area contributed by atoms with Crippen molar-refractivity contribution in [3.8, 4) is 0 Å². The molecule has 5 rings (SSSR count). The lowest BCUT2D eigenvalue weighted by molar-refractivity contribution is -0.253. The van der Waals surface area contributed by atoms with Crippen molar-refractivity contribution in [3.05, 3.63) is 101 Å². The number of hydrogen-bond acceptors (Lipinski definition) is 15. The Labute approximate surface area is 355 Å². The van der Waals surface area contributed by atoms with Crippen LogP contribution in [0.1, 0.15) is 88.2 Å². The van der Waals surface area contributed by atoms with E-state index in [1.807, 2.05) is 86.8 Å². The highest BCUT2D eigenvalue weighted by atomic mass is 32.1. The molecule has 3 N–H and O–H groups in total. The highest BCUT2D eigenvalue weighted by molar-refractivity contribution is 7.80. The molecule has 15 nitrogen and oxygen atoms in total. The Morgan fingerprint density at radius 2 is 1.43 bits per heavy atom. The Kier molecular flexibility index (Phi) is 16.7. The van der Waals surface area contributed by atoms with Crippen molar-refractivity contribution in [1.29, 1.82) is 0 Å². The zero-order valence-corrected chi connectivity index (χ0v) is 35.4. The normalized spacial score (nSPS) is 25.0. The average molecular weight is 851 g/mol. The monoisotopic (exact) mass is 850 g/mol. The van der Waals surface area contributed by atoms with Crippen LogP contribution >= 0.6 is 12.2 Å². The Balaban J connectivity index is 1.36. The molecule has 0 aliphatic carbocycles. The third kappa shape index (κ3) is 12.8. The molecule has 60 heavy (non-hydrogen) atoms. The molecule has 3 aromatic carbocycles. The molecule has 0 saturated carbocycles. The highest BCUT2D eigenvalue weighted by Crippen LogP contribution is 2.39. The van der Waals surface area contributed by atoms with Gasteiger partial charge < -0.3 is 48.7 Å². The first-order valence-corrected chi connectivity index (χ1v) is 20.2. The Bertz CT molecular complexity index is 1930. The van der Waals surface area contributed by atoms with E-state index in [4.69, 9.17) is 45.4 Å². The molecule has 0 radical (unpaired) electrons. The fourth-order valence-corrected chi connectivity index (χ4v) is 7.61. The van der Waals surface area contributed by atoms with Gasteiger partial charge in [-0.25, -0.2) is 0 Å². The quantitative estimate of drug-likeness (QED) is 0.0988. The summed E-state index contributed by atoms with van der Waals surface area (Å²) in [7, 11) is 1.95. The number of anilines is 1. The molecule has 0 aromatic heterocycles. The van der Waals surface area contributed by atoms with Crippen LogP contribution in [0.15, 0.2) is 78.9 Å². The predicted octanol–water partition coefficient (Wildman–Crippen LogP) is 5.03. The van der Waals surface area contributed by atoms with Gasteiger partial charge in [-0.15, -0.1) is 0 Å². The smallest absolute Gasteiger partial charge is 0.303 e. The maximum atomic E-state index is 12.3. The van der Waals surface area contributed by atoms with E-state index in [1.54, 1.807) is 6.07 Å². The lowest BCUT2D eigenvalue weighted by Crippen LogP contribution is -2.62. The fraction of sp³-hybridized carbons (Fsp3) is 0.477. The second-order valence-corrected chi connectivity index (χ2v) is 15.5. The highest BCUT2D eigenvalue weighted by Gasteiger charge is 2.52. The van der Waals surface area contributed by atoms with Crippen LogP contribution in [0.2, 0.25) is 0 Å². The Morgan fingerprint density at radius 3 is 2.05 bits per heavy atom. The van der Waals surface area contributed by atoms with Crippen LogP contribution < -0.4 is 5.32 Å². The molecule has 3 aromatic rings. The summed E-state index contributed by atoms with van der Waals surface area (Å²) in [6.07, 6.45) is -7.68. The number of hydrogen-bond donors (Lipinski definition) is 3. The molecule has 0 amide bonds. The zero-order valence-electron chi connectivity index (χ0n) is 34.6. The number of rotatable bonds is 16. The predicted molar refractivity (Wildman–Crippen MR) is 221 cm³/mol. The average Bonchev–Trinajstić information content (AvgIpc) is 3.21. The number of nitrogens with zero attached hydrogens (tertiary/aromatic N) is 1. The van der Waals surface area contributed by atoms with Crippen molar-refractivity contribution in [2.45, 2.75) is 115 Å². The molecule has 0 bridgehead atoms. The van der Waals surface area contributed by atoms with E-state index in [1.165, 1.54) is 13.8 Å². The number of aliphatic hydroxyl groups is 2.